The van der Waals surface area contributed by atoms with Crippen LogP contribution in [0.3, 0.4) is 0 Å². The zero-order valence-corrected chi connectivity index (χ0v) is 24.5. The maximum atomic E-state index is 13.2. The van der Waals surface area contributed by atoms with Crippen LogP contribution in [0.4, 0.5) is 26.3 Å². The van der Waals surface area contributed by atoms with Crippen LogP contribution in [-0.2, 0) is 30.6 Å². The van der Waals surface area contributed by atoms with Crippen molar-refractivity contribution < 1.29 is 65.8 Å². The molecule has 242 valence electrons. The summed E-state index contributed by atoms with van der Waals surface area (Å²) in [7, 11) is -12.0. The van der Waals surface area contributed by atoms with Crippen LogP contribution in [0, 0.1) is 0 Å². The molecule has 0 bridgehead atoms. The molecule has 0 unspecified atom stereocenters. The molecule has 0 aromatic heterocycles. The molecule has 0 atom stereocenters. The highest BCUT2D eigenvalue weighted by Crippen LogP contribution is 2.59. The summed E-state index contributed by atoms with van der Waals surface area (Å²) in [6.07, 6.45) is 0. The molecule has 0 aliphatic carbocycles. The first-order valence-corrected chi connectivity index (χ1v) is 15.9. The van der Waals surface area contributed by atoms with Crippen molar-refractivity contribution in [1.82, 2.24) is 0 Å². The number of ether oxygens (including phenoxy) is 2. The highest BCUT2D eigenvalue weighted by Gasteiger charge is 2.54. The first-order valence-electron chi connectivity index (χ1n) is 13.1. The van der Waals surface area contributed by atoms with Crippen LogP contribution in [0.15, 0.2) is 84.9 Å². The summed E-state index contributed by atoms with van der Waals surface area (Å²) in [6, 6.07) is 18.8. The maximum Gasteiger partial charge on any atom is 0.534 e. The number of carbonyl (C=O) groups excluding carboxylic acids is 1. The predicted octanol–water partition coefficient (Wildman–Crippen LogP) is 7.02. The van der Waals surface area contributed by atoms with E-state index < -0.39 is 54.3 Å². The second kappa shape index (κ2) is 9.74. The Morgan fingerprint density at radius 2 is 1.06 bits per heavy atom. The minimum atomic E-state index is -5.98. The Labute approximate surface area is 260 Å². The lowest BCUT2D eigenvalue weighted by molar-refractivity contribution is -0.0504. The topological polar surface area (TPSA) is 122 Å². The van der Waals surface area contributed by atoms with Crippen LogP contribution in [0.25, 0.3) is 21.5 Å². The minimum Gasteiger partial charge on any atom is -0.455 e. The van der Waals surface area contributed by atoms with Crippen molar-refractivity contribution in [3.8, 4) is 23.0 Å². The number of alkyl halides is 6. The number of carbonyl (C=O) groups is 1. The molecular formula is C30H14F6O9S2. The number of rotatable bonds is 4. The van der Waals surface area contributed by atoms with E-state index in [4.69, 9.17) is 9.47 Å². The average Bonchev–Trinajstić information content (AvgIpc) is 3.27. The number of hydrogen-bond donors (Lipinski definition) is 0. The van der Waals surface area contributed by atoms with Gasteiger partial charge in [-0.15, -0.1) is 0 Å². The van der Waals surface area contributed by atoms with Gasteiger partial charge in [0, 0.05) is 27.5 Å². The Hall–Kier alpha value is -5.03. The Kier molecular flexibility index (Phi) is 6.35. The molecule has 7 rings (SSSR count). The number of hydrogen-bond acceptors (Lipinski definition) is 9. The SMILES string of the molecule is O=C1OC2(c3ccccc31)c1ccc3cc(OS(=O)(=O)C(F)(F)F)ccc3c1Oc1c2ccc2cc(OS(=O)(=O)C(F)(F)F)ccc12. The van der Waals surface area contributed by atoms with Gasteiger partial charge in [-0.2, -0.15) is 43.2 Å². The molecule has 0 radical (unpaired) electrons. The lowest BCUT2D eigenvalue weighted by Crippen LogP contribution is -2.33. The number of halogens is 6. The normalized spacial score (nSPS) is 15.5. The predicted molar refractivity (Wildman–Crippen MR) is 151 cm³/mol. The molecule has 2 heterocycles. The van der Waals surface area contributed by atoms with Crippen molar-refractivity contribution >= 4 is 47.8 Å². The van der Waals surface area contributed by atoms with Gasteiger partial charge in [0.05, 0.1) is 5.56 Å². The third kappa shape index (κ3) is 4.55. The Bertz CT molecular complexity index is 2270. The van der Waals surface area contributed by atoms with E-state index >= 15 is 0 Å². The molecule has 0 N–H and O–H groups in total. The number of esters is 1. The lowest BCUT2D eigenvalue weighted by Gasteiger charge is -2.37. The molecular weight excluding hydrogens is 682 g/mol. The summed E-state index contributed by atoms with van der Waals surface area (Å²) in [5.41, 5.74) is -11.8. The summed E-state index contributed by atoms with van der Waals surface area (Å²) in [5, 5.41) is 0.808. The van der Waals surface area contributed by atoms with Crippen molar-refractivity contribution in [3.63, 3.8) is 0 Å². The molecule has 0 saturated carbocycles. The quantitative estimate of drug-likeness (QED) is 0.0845. The summed E-state index contributed by atoms with van der Waals surface area (Å²) in [5.74, 6) is -1.88. The summed E-state index contributed by atoms with van der Waals surface area (Å²) >= 11 is 0. The number of fused-ring (bicyclic) bond motifs is 10. The lowest BCUT2D eigenvalue weighted by atomic mass is 9.76. The highest BCUT2D eigenvalue weighted by atomic mass is 32.2. The Balaban J connectivity index is 1.44. The highest BCUT2D eigenvalue weighted by molar-refractivity contribution is 7.88. The minimum absolute atomic E-state index is 0.0530. The van der Waals surface area contributed by atoms with E-state index in [0.29, 0.717) is 16.7 Å². The zero-order chi connectivity index (χ0) is 33.7. The van der Waals surface area contributed by atoms with E-state index in [2.05, 4.69) is 8.37 Å². The molecule has 1 spiro atoms. The van der Waals surface area contributed by atoms with E-state index in [-0.39, 0.29) is 38.6 Å². The molecule has 47 heavy (non-hydrogen) atoms. The van der Waals surface area contributed by atoms with E-state index in [1.807, 2.05) is 0 Å². The largest absolute Gasteiger partial charge is 0.534 e. The van der Waals surface area contributed by atoms with Gasteiger partial charge in [0.2, 0.25) is 0 Å². The third-order valence-electron chi connectivity index (χ3n) is 7.60. The smallest absolute Gasteiger partial charge is 0.455 e. The molecule has 0 saturated heterocycles. The summed E-state index contributed by atoms with van der Waals surface area (Å²) in [4.78, 5) is 13.2. The van der Waals surface area contributed by atoms with Crippen LogP contribution in [0.5, 0.6) is 23.0 Å². The van der Waals surface area contributed by atoms with Gasteiger partial charge in [0.25, 0.3) is 0 Å². The molecule has 5 aromatic rings. The standard InChI is InChI=1S/C30H14F6O9S2/c31-29(32,33)46(38,39)44-17-7-9-19-15(13-17)5-11-23-25(19)42-26-20-10-8-18(45-47(40,41)30(34,35)36)14-16(20)6-12-24(26)28(23)22-4-2-1-3-21(22)27(37)43-28/h1-14H. The number of benzene rings is 5. The molecule has 9 nitrogen and oxygen atoms in total. The van der Waals surface area contributed by atoms with Gasteiger partial charge in [-0.05, 0) is 65.4 Å². The second-order valence-corrected chi connectivity index (χ2v) is 13.4. The van der Waals surface area contributed by atoms with Gasteiger partial charge in [-0.3, -0.25) is 0 Å². The fraction of sp³-hybridized carbons (Fsp3) is 0.100. The van der Waals surface area contributed by atoms with Crippen molar-refractivity contribution in [2.45, 2.75) is 16.6 Å². The molecule has 5 aromatic carbocycles. The van der Waals surface area contributed by atoms with Gasteiger partial charge in [0.1, 0.15) is 23.0 Å². The van der Waals surface area contributed by atoms with E-state index in [0.717, 1.165) is 24.3 Å². The monoisotopic (exact) mass is 696 g/mol. The first kappa shape index (κ1) is 30.6. The first-order chi connectivity index (χ1) is 21.9. The van der Waals surface area contributed by atoms with Crippen LogP contribution >= 0.6 is 0 Å². The molecule has 17 heteroatoms. The van der Waals surface area contributed by atoms with E-state index in [1.165, 1.54) is 36.4 Å². The second-order valence-electron chi connectivity index (χ2n) is 10.3. The van der Waals surface area contributed by atoms with Gasteiger partial charge < -0.3 is 17.8 Å². The third-order valence-corrected chi connectivity index (χ3v) is 9.55. The fourth-order valence-corrected chi connectivity index (χ4v) is 6.55. The van der Waals surface area contributed by atoms with E-state index in [1.54, 1.807) is 24.3 Å². The molecule has 2 aliphatic heterocycles. The van der Waals surface area contributed by atoms with Gasteiger partial charge in [-0.1, -0.05) is 30.3 Å². The summed E-state index contributed by atoms with van der Waals surface area (Å²) < 4.78 is 145. The van der Waals surface area contributed by atoms with Crippen LogP contribution in [-0.4, -0.2) is 33.8 Å². The van der Waals surface area contributed by atoms with Crippen LogP contribution in [0.2, 0.25) is 0 Å². The Morgan fingerprint density at radius 3 is 1.53 bits per heavy atom. The fourth-order valence-electron chi connectivity index (χ4n) is 5.65. The average molecular weight is 697 g/mol. The Morgan fingerprint density at radius 1 is 0.596 bits per heavy atom. The van der Waals surface area contributed by atoms with Crippen molar-refractivity contribution in [2.24, 2.45) is 0 Å². The summed E-state index contributed by atoms with van der Waals surface area (Å²) in [6.45, 7) is 0. The zero-order valence-electron chi connectivity index (χ0n) is 22.8. The van der Waals surface area contributed by atoms with Crippen LogP contribution in [0.1, 0.15) is 27.0 Å². The van der Waals surface area contributed by atoms with Crippen LogP contribution < -0.4 is 13.1 Å². The van der Waals surface area contributed by atoms with Crippen molar-refractivity contribution in [1.29, 1.82) is 0 Å². The van der Waals surface area contributed by atoms with Gasteiger partial charge in [0.15, 0.2) is 5.60 Å². The van der Waals surface area contributed by atoms with Crippen molar-refractivity contribution in [3.05, 3.63) is 107 Å². The van der Waals surface area contributed by atoms with Gasteiger partial charge in [-0.25, -0.2) is 4.79 Å². The van der Waals surface area contributed by atoms with Gasteiger partial charge >= 0.3 is 37.2 Å². The molecule has 2 aliphatic rings. The molecule has 0 fully saturated rings. The maximum absolute atomic E-state index is 13.2. The van der Waals surface area contributed by atoms with Crippen molar-refractivity contribution in [2.75, 3.05) is 0 Å². The van der Waals surface area contributed by atoms with E-state index in [9.17, 15) is 48.0 Å². The molecule has 0 amide bonds.